The predicted molar refractivity (Wildman–Crippen MR) is 119 cm³/mol. The van der Waals surface area contributed by atoms with Crippen molar-refractivity contribution in [2.45, 2.75) is 32.4 Å². The lowest BCUT2D eigenvalue weighted by atomic mass is 10.2. The first kappa shape index (κ1) is 23.9. The van der Waals surface area contributed by atoms with Crippen molar-refractivity contribution < 1.29 is 28.3 Å². The monoisotopic (exact) mass is 455 g/mol. The van der Waals surface area contributed by atoms with Crippen LogP contribution in [0, 0.1) is 5.82 Å². The predicted octanol–water partition coefficient (Wildman–Crippen LogP) is 2.27. The maximum Gasteiger partial charge on any atom is 0.326 e. The average Bonchev–Trinajstić information content (AvgIpc) is 3.22. The highest BCUT2D eigenvalue weighted by atomic mass is 19.1. The number of amides is 3. The largest absolute Gasteiger partial charge is 0.451 e. The van der Waals surface area contributed by atoms with Gasteiger partial charge in [-0.05, 0) is 55.3 Å². The summed E-state index contributed by atoms with van der Waals surface area (Å²) in [5.41, 5.74) is 1.66. The van der Waals surface area contributed by atoms with Gasteiger partial charge in [0.25, 0.3) is 11.8 Å². The zero-order valence-electron chi connectivity index (χ0n) is 18.5. The van der Waals surface area contributed by atoms with E-state index in [0.29, 0.717) is 24.1 Å². The zero-order valence-corrected chi connectivity index (χ0v) is 18.5. The number of anilines is 1. The molecule has 33 heavy (non-hydrogen) atoms. The van der Waals surface area contributed by atoms with Crippen LogP contribution in [-0.2, 0) is 25.7 Å². The van der Waals surface area contributed by atoms with E-state index in [9.17, 15) is 23.6 Å². The minimum atomic E-state index is -1.06. The van der Waals surface area contributed by atoms with Crippen LogP contribution in [0.25, 0.3) is 0 Å². The average molecular weight is 455 g/mol. The standard InChI is InChI=1S/C24H26FN3O5/c1-16(24(32)27(2)15-17-5-3-6-19(25)13-17)33-22(30)14-26-23(31)18-8-10-20(11-9-18)28-12-4-7-21(28)29/h3,5-6,8-11,13,16H,4,7,12,14-15H2,1-2H3,(H,26,31). The fraction of sp³-hybridized carbons (Fsp3) is 0.333. The molecule has 1 N–H and O–H groups in total. The normalized spacial score (nSPS) is 14.0. The highest BCUT2D eigenvalue weighted by Crippen LogP contribution is 2.21. The molecule has 0 spiro atoms. The quantitative estimate of drug-likeness (QED) is 0.616. The Bertz CT molecular complexity index is 1040. The number of benzene rings is 2. The van der Waals surface area contributed by atoms with Crippen molar-refractivity contribution >= 4 is 29.4 Å². The van der Waals surface area contributed by atoms with Crippen LogP contribution < -0.4 is 10.2 Å². The third-order valence-corrected chi connectivity index (χ3v) is 5.25. The second-order valence-corrected chi connectivity index (χ2v) is 7.83. The Morgan fingerprint density at radius 2 is 1.91 bits per heavy atom. The molecule has 3 amide bonds. The van der Waals surface area contributed by atoms with Crippen LogP contribution in [0.2, 0.25) is 0 Å². The molecule has 9 heteroatoms. The summed E-state index contributed by atoms with van der Waals surface area (Å²) in [5, 5.41) is 2.46. The van der Waals surface area contributed by atoms with Gasteiger partial charge in [-0.3, -0.25) is 19.2 Å². The molecule has 0 aliphatic carbocycles. The van der Waals surface area contributed by atoms with Crippen LogP contribution in [0.5, 0.6) is 0 Å². The smallest absolute Gasteiger partial charge is 0.326 e. The molecule has 0 saturated carbocycles. The number of carbonyl (C=O) groups excluding carboxylic acids is 4. The number of halogens is 1. The van der Waals surface area contributed by atoms with Gasteiger partial charge in [0.05, 0.1) is 0 Å². The van der Waals surface area contributed by atoms with E-state index in [1.54, 1.807) is 41.3 Å². The minimum Gasteiger partial charge on any atom is -0.451 e. The molecule has 0 bridgehead atoms. The molecule has 1 aliphatic heterocycles. The van der Waals surface area contributed by atoms with Gasteiger partial charge in [-0.15, -0.1) is 0 Å². The van der Waals surface area contributed by atoms with Crippen LogP contribution >= 0.6 is 0 Å². The summed E-state index contributed by atoms with van der Waals surface area (Å²) in [7, 11) is 1.53. The zero-order chi connectivity index (χ0) is 24.0. The van der Waals surface area contributed by atoms with Gasteiger partial charge in [0.15, 0.2) is 6.10 Å². The summed E-state index contributed by atoms with van der Waals surface area (Å²) < 4.78 is 18.4. The number of likely N-dealkylation sites (N-methyl/N-ethyl adjacent to an activating group) is 1. The lowest BCUT2D eigenvalue weighted by molar-refractivity contribution is -0.157. The molecular weight excluding hydrogens is 429 g/mol. The Labute approximate surface area is 191 Å². The van der Waals surface area contributed by atoms with Gasteiger partial charge in [0.1, 0.15) is 12.4 Å². The Morgan fingerprint density at radius 3 is 2.55 bits per heavy atom. The van der Waals surface area contributed by atoms with Gasteiger partial charge in [0.2, 0.25) is 5.91 Å². The second-order valence-electron chi connectivity index (χ2n) is 7.83. The maximum absolute atomic E-state index is 13.3. The fourth-order valence-corrected chi connectivity index (χ4v) is 3.56. The van der Waals surface area contributed by atoms with Crippen LogP contribution in [-0.4, -0.2) is 54.8 Å². The van der Waals surface area contributed by atoms with E-state index < -0.39 is 36.2 Å². The fourth-order valence-electron chi connectivity index (χ4n) is 3.56. The summed E-state index contributed by atoms with van der Waals surface area (Å²) in [4.78, 5) is 51.6. The molecule has 1 heterocycles. The van der Waals surface area contributed by atoms with Crippen molar-refractivity contribution in [3.05, 3.63) is 65.5 Å². The molecule has 0 radical (unpaired) electrons. The molecule has 1 saturated heterocycles. The third kappa shape index (κ3) is 6.38. The van der Waals surface area contributed by atoms with Crippen molar-refractivity contribution in [1.29, 1.82) is 0 Å². The number of carbonyl (C=O) groups is 4. The molecule has 1 atom stereocenters. The van der Waals surface area contributed by atoms with Crippen LogP contribution in [0.15, 0.2) is 48.5 Å². The number of hydrogen-bond acceptors (Lipinski definition) is 5. The van der Waals surface area contributed by atoms with E-state index in [2.05, 4.69) is 5.32 Å². The van der Waals surface area contributed by atoms with Gasteiger partial charge >= 0.3 is 5.97 Å². The molecule has 1 unspecified atom stereocenters. The van der Waals surface area contributed by atoms with E-state index in [1.807, 2.05) is 0 Å². The molecule has 174 valence electrons. The van der Waals surface area contributed by atoms with Crippen molar-refractivity contribution in [2.75, 3.05) is 25.0 Å². The van der Waals surface area contributed by atoms with Gasteiger partial charge in [-0.25, -0.2) is 4.39 Å². The van der Waals surface area contributed by atoms with E-state index in [4.69, 9.17) is 4.74 Å². The van der Waals surface area contributed by atoms with E-state index in [0.717, 1.165) is 12.1 Å². The van der Waals surface area contributed by atoms with Crippen molar-refractivity contribution in [3.8, 4) is 0 Å². The first-order chi connectivity index (χ1) is 15.7. The molecule has 2 aromatic carbocycles. The first-order valence-electron chi connectivity index (χ1n) is 10.6. The van der Waals surface area contributed by atoms with Gasteiger partial charge < -0.3 is 19.9 Å². The number of rotatable bonds is 8. The molecular formula is C24H26FN3O5. The van der Waals surface area contributed by atoms with E-state index >= 15 is 0 Å². The van der Waals surface area contributed by atoms with Gasteiger partial charge in [-0.2, -0.15) is 0 Å². The van der Waals surface area contributed by atoms with Gasteiger partial charge in [-0.1, -0.05) is 12.1 Å². The third-order valence-electron chi connectivity index (χ3n) is 5.25. The molecule has 0 aromatic heterocycles. The Balaban J connectivity index is 1.45. The van der Waals surface area contributed by atoms with Crippen molar-refractivity contribution in [2.24, 2.45) is 0 Å². The Hall–Kier alpha value is -3.75. The number of hydrogen-bond donors (Lipinski definition) is 1. The highest BCUT2D eigenvalue weighted by Gasteiger charge is 2.23. The number of ether oxygens (including phenoxy) is 1. The molecule has 1 fully saturated rings. The topological polar surface area (TPSA) is 96.0 Å². The summed E-state index contributed by atoms with van der Waals surface area (Å²) >= 11 is 0. The van der Waals surface area contributed by atoms with Crippen LogP contribution in [0.4, 0.5) is 10.1 Å². The van der Waals surface area contributed by atoms with Crippen LogP contribution in [0.3, 0.4) is 0 Å². The molecule has 1 aliphatic rings. The molecule has 3 rings (SSSR count). The number of esters is 1. The molecule has 8 nitrogen and oxygen atoms in total. The lowest BCUT2D eigenvalue weighted by Crippen LogP contribution is -2.39. The summed E-state index contributed by atoms with van der Waals surface area (Å²) in [5.74, 6) is -2.04. The minimum absolute atomic E-state index is 0.0557. The van der Waals surface area contributed by atoms with Crippen molar-refractivity contribution in [1.82, 2.24) is 10.2 Å². The van der Waals surface area contributed by atoms with Gasteiger partial charge in [0, 0.05) is 37.8 Å². The Kier molecular flexibility index (Phi) is 7.76. The van der Waals surface area contributed by atoms with E-state index in [1.165, 1.54) is 31.0 Å². The van der Waals surface area contributed by atoms with E-state index in [-0.39, 0.29) is 12.5 Å². The summed E-state index contributed by atoms with van der Waals surface area (Å²) in [6.45, 7) is 1.84. The second kappa shape index (κ2) is 10.7. The summed E-state index contributed by atoms with van der Waals surface area (Å²) in [6, 6.07) is 12.4. The highest BCUT2D eigenvalue weighted by molar-refractivity contribution is 5.98. The first-order valence-corrected chi connectivity index (χ1v) is 10.6. The van der Waals surface area contributed by atoms with Crippen LogP contribution in [0.1, 0.15) is 35.7 Å². The Morgan fingerprint density at radius 1 is 1.18 bits per heavy atom. The maximum atomic E-state index is 13.3. The SMILES string of the molecule is CC(OC(=O)CNC(=O)c1ccc(N2CCCC2=O)cc1)C(=O)N(C)Cc1cccc(F)c1. The number of nitrogens with one attached hydrogen (secondary N) is 1. The summed E-state index contributed by atoms with van der Waals surface area (Å²) in [6.07, 6.45) is 0.265. The molecule has 2 aromatic rings. The van der Waals surface area contributed by atoms with Crippen molar-refractivity contribution in [3.63, 3.8) is 0 Å². The lowest BCUT2D eigenvalue weighted by Gasteiger charge is -2.21. The number of nitrogens with zero attached hydrogens (tertiary/aromatic N) is 2.